The monoisotopic (exact) mass is 176 g/mol. The molecule has 0 N–H and O–H groups in total. The predicted molar refractivity (Wildman–Crippen MR) is 43.6 cm³/mol. The summed E-state index contributed by atoms with van der Waals surface area (Å²) in [6.45, 7) is 0. The molecule has 0 aliphatic heterocycles. The Bertz CT molecular complexity index is 147. The molecule has 1 aliphatic carbocycles. The van der Waals surface area contributed by atoms with Crippen LogP contribution in [0.2, 0.25) is 0 Å². The van der Waals surface area contributed by atoms with Crippen LogP contribution >= 0.6 is 11.6 Å². The van der Waals surface area contributed by atoms with E-state index in [0.717, 1.165) is 25.7 Å². The van der Waals surface area contributed by atoms with E-state index in [1.165, 1.54) is 0 Å². The van der Waals surface area contributed by atoms with Gasteiger partial charge in [-0.25, -0.2) is 0 Å². The maximum Gasteiger partial charge on any atom is 0.224 e. The van der Waals surface area contributed by atoms with E-state index < -0.39 is 0 Å². The molecular formula is C8H13ClO2. The second-order valence-electron chi connectivity index (χ2n) is 3.03. The summed E-state index contributed by atoms with van der Waals surface area (Å²) in [5.41, 5.74) is 0. The van der Waals surface area contributed by atoms with Gasteiger partial charge in [0.1, 0.15) is 0 Å². The Morgan fingerprint density at radius 2 is 2.27 bits per heavy atom. The highest BCUT2D eigenvalue weighted by Crippen LogP contribution is 2.27. The quantitative estimate of drug-likeness (QED) is 0.602. The van der Waals surface area contributed by atoms with Gasteiger partial charge in [0.05, 0.1) is 6.10 Å². The minimum absolute atomic E-state index is 0.0374. The zero-order chi connectivity index (χ0) is 8.27. The molecule has 0 radical (unpaired) electrons. The standard InChI is InChI=1S/C8H13ClO2/c1-11-7-4-2-3-6(5-7)8(9)10/h6-7H,2-5H2,1H3/t6-,7-/m1/s1. The minimum atomic E-state index is -0.202. The highest BCUT2D eigenvalue weighted by Gasteiger charge is 2.25. The molecule has 0 aromatic rings. The van der Waals surface area contributed by atoms with Gasteiger partial charge in [0.2, 0.25) is 5.24 Å². The van der Waals surface area contributed by atoms with Crippen molar-refractivity contribution in [3.05, 3.63) is 0 Å². The highest BCUT2D eigenvalue weighted by atomic mass is 35.5. The molecule has 11 heavy (non-hydrogen) atoms. The van der Waals surface area contributed by atoms with Crippen LogP contribution in [0, 0.1) is 5.92 Å². The van der Waals surface area contributed by atoms with Crippen LogP contribution in [-0.2, 0) is 9.53 Å². The number of ether oxygens (including phenoxy) is 1. The Labute approximate surface area is 71.9 Å². The van der Waals surface area contributed by atoms with Crippen molar-refractivity contribution < 1.29 is 9.53 Å². The van der Waals surface area contributed by atoms with Crippen LogP contribution < -0.4 is 0 Å². The molecular weight excluding hydrogens is 164 g/mol. The van der Waals surface area contributed by atoms with Gasteiger partial charge in [-0.3, -0.25) is 4.79 Å². The first-order valence-corrected chi connectivity index (χ1v) is 4.34. The van der Waals surface area contributed by atoms with E-state index in [4.69, 9.17) is 16.3 Å². The number of halogens is 1. The third-order valence-corrected chi connectivity index (χ3v) is 2.59. The van der Waals surface area contributed by atoms with Gasteiger partial charge >= 0.3 is 0 Å². The van der Waals surface area contributed by atoms with Crippen molar-refractivity contribution >= 4 is 16.8 Å². The summed E-state index contributed by atoms with van der Waals surface area (Å²) in [7, 11) is 1.69. The fourth-order valence-corrected chi connectivity index (χ4v) is 1.76. The fraction of sp³-hybridized carbons (Fsp3) is 0.875. The van der Waals surface area contributed by atoms with E-state index in [2.05, 4.69) is 0 Å². The molecule has 64 valence electrons. The van der Waals surface area contributed by atoms with Gasteiger partial charge in [-0.2, -0.15) is 0 Å². The van der Waals surface area contributed by atoms with Crippen LogP contribution in [0.4, 0.5) is 0 Å². The summed E-state index contributed by atoms with van der Waals surface area (Å²) >= 11 is 5.38. The molecule has 0 aromatic carbocycles. The lowest BCUT2D eigenvalue weighted by Gasteiger charge is -2.25. The molecule has 0 heterocycles. The normalized spacial score (nSPS) is 31.8. The molecule has 0 amide bonds. The fourth-order valence-electron chi connectivity index (χ4n) is 1.57. The van der Waals surface area contributed by atoms with Gasteiger partial charge in [-0.05, 0) is 30.9 Å². The van der Waals surface area contributed by atoms with Gasteiger partial charge in [-0.1, -0.05) is 6.42 Å². The van der Waals surface area contributed by atoms with Crippen molar-refractivity contribution in [2.75, 3.05) is 7.11 Å². The number of methoxy groups -OCH3 is 1. The molecule has 0 unspecified atom stereocenters. The summed E-state index contributed by atoms with van der Waals surface area (Å²) in [5.74, 6) is 0.0374. The Balaban J connectivity index is 2.39. The van der Waals surface area contributed by atoms with Crippen LogP contribution in [0.15, 0.2) is 0 Å². The second kappa shape index (κ2) is 4.07. The molecule has 2 nitrogen and oxygen atoms in total. The number of carbonyl (C=O) groups excluding carboxylic acids is 1. The molecule has 2 atom stereocenters. The summed E-state index contributed by atoms with van der Waals surface area (Å²) < 4.78 is 5.16. The maximum atomic E-state index is 10.8. The minimum Gasteiger partial charge on any atom is -0.381 e. The maximum absolute atomic E-state index is 10.8. The molecule has 1 aliphatic rings. The number of rotatable bonds is 2. The molecule has 0 spiro atoms. The summed E-state index contributed by atoms with van der Waals surface area (Å²) in [6, 6.07) is 0. The molecule has 1 saturated carbocycles. The van der Waals surface area contributed by atoms with Crippen LogP contribution in [0.25, 0.3) is 0 Å². The SMILES string of the molecule is CO[C@@H]1CCC[C@@H](C(=O)Cl)C1. The molecule has 1 fully saturated rings. The van der Waals surface area contributed by atoms with Crippen molar-refractivity contribution in [1.29, 1.82) is 0 Å². The second-order valence-corrected chi connectivity index (χ2v) is 3.40. The van der Waals surface area contributed by atoms with Crippen LogP contribution in [-0.4, -0.2) is 18.5 Å². The first-order chi connectivity index (χ1) is 5.24. The van der Waals surface area contributed by atoms with Gasteiger partial charge in [0.25, 0.3) is 0 Å². The van der Waals surface area contributed by atoms with E-state index in [1.54, 1.807) is 7.11 Å². The Morgan fingerprint density at radius 1 is 1.55 bits per heavy atom. The first-order valence-electron chi connectivity index (χ1n) is 3.96. The van der Waals surface area contributed by atoms with Crippen molar-refractivity contribution in [3.63, 3.8) is 0 Å². The molecule has 0 saturated heterocycles. The van der Waals surface area contributed by atoms with E-state index in [9.17, 15) is 4.79 Å². The molecule has 0 aromatic heterocycles. The zero-order valence-electron chi connectivity index (χ0n) is 6.68. The number of carbonyl (C=O) groups is 1. The largest absolute Gasteiger partial charge is 0.381 e. The topological polar surface area (TPSA) is 26.3 Å². The van der Waals surface area contributed by atoms with Gasteiger partial charge in [-0.15, -0.1) is 0 Å². The lowest BCUT2D eigenvalue weighted by Crippen LogP contribution is -2.24. The average Bonchev–Trinajstić information content (AvgIpc) is 2.05. The lowest BCUT2D eigenvalue weighted by molar-refractivity contribution is -0.117. The zero-order valence-corrected chi connectivity index (χ0v) is 7.43. The summed E-state index contributed by atoms with van der Waals surface area (Å²) in [5, 5.41) is -0.202. The Hall–Kier alpha value is -0.0800. The number of hydrogen-bond donors (Lipinski definition) is 0. The molecule has 1 rings (SSSR count). The lowest BCUT2D eigenvalue weighted by atomic mass is 9.88. The van der Waals surface area contributed by atoms with Gasteiger partial charge in [0, 0.05) is 13.0 Å². The van der Waals surface area contributed by atoms with Crippen molar-refractivity contribution in [2.45, 2.75) is 31.8 Å². The first kappa shape index (κ1) is 9.01. The molecule has 0 bridgehead atoms. The van der Waals surface area contributed by atoms with Gasteiger partial charge < -0.3 is 4.74 Å². The highest BCUT2D eigenvalue weighted by molar-refractivity contribution is 6.63. The van der Waals surface area contributed by atoms with E-state index in [-0.39, 0.29) is 17.3 Å². The third-order valence-electron chi connectivity index (χ3n) is 2.28. The Morgan fingerprint density at radius 3 is 2.82 bits per heavy atom. The summed E-state index contributed by atoms with van der Waals surface area (Å²) in [4.78, 5) is 10.8. The van der Waals surface area contributed by atoms with Crippen LogP contribution in [0.3, 0.4) is 0 Å². The smallest absolute Gasteiger partial charge is 0.224 e. The predicted octanol–water partition coefficient (Wildman–Crippen LogP) is 1.96. The Kier molecular flexibility index (Phi) is 3.34. The van der Waals surface area contributed by atoms with E-state index in [1.807, 2.05) is 0 Å². The van der Waals surface area contributed by atoms with E-state index in [0.29, 0.717) is 0 Å². The van der Waals surface area contributed by atoms with Crippen LogP contribution in [0.5, 0.6) is 0 Å². The van der Waals surface area contributed by atoms with Gasteiger partial charge in [0.15, 0.2) is 0 Å². The van der Waals surface area contributed by atoms with Crippen LogP contribution in [0.1, 0.15) is 25.7 Å². The average molecular weight is 177 g/mol. The van der Waals surface area contributed by atoms with E-state index >= 15 is 0 Å². The van der Waals surface area contributed by atoms with Crippen molar-refractivity contribution in [3.8, 4) is 0 Å². The molecule has 3 heteroatoms. The summed E-state index contributed by atoms with van der Waals surface area (Å²) in [6.07, 6.45) is 4.11. The van der Waals surface area contributed by atoms with Crippen molar-refractivity contribution in [1.82, 2.24) is 0 Å². The van der Waals surface area contributed by atoms with Crippen molar-refractivity contribution in [2.24, 2.45) is 5.92 Å². The third kappa shape index (κ3) is 2.46. The number of hydrogen-bond acceptors (Lipinski definition) is 2.